The maximum atomic E-state index is 13.4. The lowest BCUT2D eigenvalue weighted by atomic mass is 10.2. The monoisotopic (exact) mass is 252 g/mol. The number of halogens is 1. The fraction of sp³-hybridized carbons (Fsp3) is 0.462. The molecule has 0 saturated heterocycles. The minimum absolute atomic E-state index is 0.186. The number of unbranched alkanes of at least 4 members (excludes halogenated alkanes) is 2. The molecule has 0 radical (unpaired) electrons. The van der Waals surface area contributed by atoms with E-state index in [4.69, 9.17) is 12.2 Å². The quantitative estimate of drug-likeness (QED) is 0.634. The summed E-state index contributed by atoms with van der Waals surface area (Å²) in [7, 11) is 0. The van der Waals surface area contributed by atoms with Gasteiger partial charge in [-0.3, -0.25) is 0 Å². The Hall–Kier alpha value is -1.16. The molecule has 0 aliphatic carbocycles. The van der Waals surface area contributed by atoms with Crippen LogP contribution < -0.4 is 0 Å². The zero-order valence-electron chi connectivity index (χ0n) is 10.2. The second kappa shape index (κ2) is 5.00. The molecular formula is C13H17FN2S. The van der Waals surface area contributed by atoms with Gasteiger partial charge in [0.1, 0.15) is 5.82 Å². The van der Waals surface area contributed by atoms with Crippen molar-refractivity contribution in [3.05, 3.63) is 28.3 Å². The lowest BCUT2D eigenvalue weighted by molar-refractivity contribution is 0.607. The Bertz CT molecular complexity index is 583. The van der Waals surface area contributed by atoms with Crippen LogP contribution in [-0.2, 0) is 6.54 Å². The molecular weight excluding hydrogens is 235 g/mol. The second-order valence-corrected chi connectivity index (χ2v) is 4.79. The molecule has 4 heteroatoms. The highest BCUT2D eigenvalue weighted by atomic mass is 32.1. The van der Waals surface area contributed by atoms with Crippen LogP contribution in [0, 0.1) is 17.5 Å². The lowest BCUT2D eigenvalue weighted by Gasteiger charge is -2.04. The number of aromatic nitrogens is 2. The van der Waals surface area contributed by atoms with Crippen molar-refractivity contribution < 1.29 is 4.39 Å². The average molecular weight is 252 g/mol. The number of aryl methyl sites for hydroxylation is 2. The lowest BCUT2D eigenvalue weighted by Crippen LogP contribution is -1.98. The zero-order chi connectivity index (χ0) is 12.4. The van der Waals surface area contributed by atoms with Crippen molar-refractivity contribution in [2.75, 3.05) is 0 Å². The van der Waals surface area contributed by atoms with Crippen molar-refractivity contribution in [2.45, 2.75) is 39.7 Å². The standard InChI is InChI=1S/C13H17FN2S/c1-3-4-5-6-16-12-7-9(2)10(14)8-11(12)15-13(16)17/h7-8H,3-6H2,1-2H3,(H,15,17). The molecule has 1 N–H and O–H groups in total. The molecule has 2 aromatic rings. The van der Waals surface area contributed by atoms with Gasteiger partial charge in [0, 0.05) is 6.54 Å². The number of hydrogen-bond donors (Lipinski definition) is 1. The number of nitrogens with one attached hydrogen (secondary N) is 1. The molecule has 0 unspecified atom stereocenters. The summed E-state index contributed by atoms with van der Waals surface area (Å²) < 4.78 is 16.2. The molecule has 2 nitrogen and oxygen atoms in total. The predicted molar refractivity (Wildman–Crippen MR) is 71.3 cm³/mol. The zero-order valence-corrected chi connectivity index (χ0v) is 11.0. The van der Waals surface area contributed by atoms with Crippen molar-refractivity contribution in [2.24, 2.45) is 0 Å². The number of aromatic amines is 1. The van der Waals surface area contributed by atoms with E-state index in [1.807, 2.05) is 6.07 Å². The van der Waals surface area contributed by atoms with Crippen molar-refractivity contribution in [3.8, 4) is 0 Å². The SMILES string of the molecule is CCCCCn1c(=S)[nH]c2cc(F)c(C)cc21. The molecule has 0 saturated carbocycles. The third-order valence-electron chi connectivity index (χ3n) is 3.04. The Morgan fingerprint density at radius 3 is 2.82 bits per heavy atom. The van der Waals surface area contributed by atoms with E-state index in [-0.39, 0.29) is 5.82 Å². The van der Waals surface area contributed by atoms with Gasteiger partial charge in [0.05, 0.1) is 11.0 Å². The molecule has 0 fully saturated rings. The van der Waals surface area contributed by atoms with E-state index in [2.05, 4.69) is 16.5 Å². The summed E-state index contributed by atoms with van der Waals surface area (Å²) in [6.07, 6.45) is 3.48. The Kier molecular flexibility index (Phi) is 3.62. The first kappa shape index (κ1) is 12.3. The van der Waals surface area contributed by atoms with Gasteiger partial charge in [0.2, 0.25) is 0 Å². The molecule has 1 aromatic heterocycles. The van der Waals surface area contributed by atoms with E-state index < -0.39 is 0 Å². The number of nitrogens with zero attached hydrogens (tertiary/aromatic N) is 1. The summed E-state index contributed by atoms with van der Waals surface area (Å²) in [6, 6.07) is 3.39. The van der Waals surface area contributed by atoms with Gasteiger partial charge in [-0.05, 0) is 43.3 Å². The fourth-order valence-electron chi connectivity index (χ4n) is 2.02. The van der Waals surface area contributed by atoms with Crippen LogP contribution in [0.5, 0.6) is 0 Å². The van der Waals surface area contributed by atoms with E-state index in [1.165, 1.54) is 18.9 Å². The molecule has 1 heterocycles. The summed E-state index contributed by atoms with van der Waals surface area (Å²) in [5, 5.41) is 0. The van der Waals surface area contributed by atoms with E-state index in [0.717, 1.165) is 24.0 Å². The number of imidazole rings is 1. The molecule has 0 bridgehead atoms. The molecule has 0 spiro atoms. The van der Waals surface area contributed by atoms with E-state index in [1.54, 1.807) is 6.92 Å². The van der Waals surface area contributed by atoms with Crippen molar-refractivity contribution in [1.82, 2.24) is 9.55 Å². The molecule has 0 amide bonds. The normalized spacial score (nSPS) is 11.2. The first-order chi connectivity index (χ1) is 8.13. The highest BCUT2D eigenvalue weighted by Gasteiger charge is 2.07. The number of rotatable bonds is 4. The Labute approximate surface area is 105 Å². The maximum Gasteiger partial charge on any atom is 0.178 e. The minimum atomic E-state index is -0.186. The van der Waals surface area contributed by atoms with Gasteiger partial charge in [-0.25, -0.2) is 4.39 Å². The summed E-state index contributed by atoms with van der Waals surface area (Å²) in [4.78, 5) is 3.06. The number of benzene rings is 1. The molecule has 0 aliphatic heterocycles. The summed E-state index contributed by atoms with van der Waals surface area (Å²) in [5.74, 6) is -0.186. The van der Waals surface area contributed by atoms with Crippen LogP contribution in [-0.4, -0.2) is 9.55 Å². The van der Waals surface area contributed by atoms with Crippen molar-refractivity contribution in [3.63, 3.8) is 0 Å². The van der Waals surface area contributed by atoms with E-state index >= 15 is 0 Å². The molecule has 1 aromatic carbocycles. The Morgan fingerprint density at radius 2 is 2.12 bits per heavy atom. The van der Waals surface area contributed by atoms with Crippen LogP contribution in [0.4, 0.5) is 4.39 Å². The Morgan fingerprint density at radius 1 is 1.35 bits per heavy atom. The van der Waals surface area contributed by atoms with Gasteiger partial charge in [0.25, 0.3) is 0 Å². The van der Waals surface area contributed by atoms with Crippen molar-refractivity contribution in [1.29, 1.82) is 0 Å². The summed E-state index contributed by atoms with van der Waals surface area (Å²) >= 11 is 5.27. The van der Waals surface area contributed by atoms with E-state index in [9.17, 15) is 4.39 Å². The average Bonchev–Trinajstić information content (AvgIpc) is 2.57. The van der Waals surface area contributed by atoms with Crippen LogP contribution in [0.2, 0.25) is 0 Å². The van der Waals surface area contributed by atoms with Gasteiger partial charge in [0.15, 0.2) is 4.77 Å². The predicted octanol–water partition coefficient (Wildman–Crippen LogP) is 4.34. The van der Waals surface area contributed by atoms with Gasteiger partial charge >= 0.3 is 0 Å². The number of fused-ring (bicyclic) bond motifs is 1. The third-order valence-corrected chi connectivity index (χ3v) is 3.36. The first-order valence-electron chi connectivity index (χ1n) is 6.02. The summed E-state index contributed by atoms with van der Waals surface area (Å²) in [6.45, 7) is 4.85. The number of hydrogen-bond acceptors (Lipinski definition) is 1. The second-order valence-electron chi connectivity index (χ2n) is 4.41. The number of H-pyrrole nitrogens is 1. The third kappa shape index (κ3) is 2.41. The van der Waals surface area contributed by atoms with Gasteiger partial charge in [-0.2, -0.15) is 0 Å². The first-order valence-corrected chi connectivity index (χ1v) is 6.43. The van der Waals surface area contributed by atoms with Crippen LogP contribution in [0.15, 0.2) is 12.1 Å². The van der Waals surface area contributed by atoms with E-state index in [0.29, 0.717) is 10.3 Å². The van der Waals surface area contributed by atoms with Crippen LogP contribution in [0.25, 0.3) is 11.0 Å². The minimum Gasteiger partial charge on any atom is -0.330 e. The molecule has 92 valence electrons. The van der Waals surface area contributed by atoms with Crippen molar-refractivity contribution >= 4 is 23.3 Å². The van der Waals surface area contributed by atoms with Crippen LogP contribution >= 0.6 is 12.2 Å². The Balaban J connectivity index is 2.44. The van der Waals surface area contributed by atoms with Gasteiger partial charge in [-0.15, -0.1) is 0 Å². The largest absolute Gasteiger partial charge is 0.330 e. The summed E-state index contributed by atoms with van der Waals surface area (Å²) in [5.41, 5.74) is 2.45. The highest BCUT2D eigenvalue weighted by molar-refractivity contribution is 7.71. The molecule has 0 atom stereocenters. The fourth-order valence-corrected chi connectivity index (χ4v) is 2.32. The van der Waals surface area contributed by atoms with Gasteiger partial charge in [-0.1, -0.05) is 19.8 Å². The smallest absolute Gasteiger partial charge is 0.178 e. The van der Waals surface area contributed by atoms with Crippen LogP contribution in [0.1, 0.15) is 31.7 Å². The maximum absolute atomic E-state index is 13.4. The van der Waals surface area contributed by atoms with Crippen LogP contribution in [0.3, 0.4) is 0 Å². The topological polar surface area (TPSA) is 20.7 Å². The van der Waals surface area contributed by atoms with Gasteiger partial charge < -0.3 is 9.55 Å². The molecule has 17 heavy (non-hydrogen) atoms. The molecule has 0 aliphatic rings. The molecule has 2 rings (SSSR count). The highest BCUT2D eigenvalue weighted by Crippen LogP contribution is 2.19.